The van der Waals surface area contributed by atoms with Crippen molar-refractivity contribution in [3.8, 4) is 0 Å². The lowest BCUT2D eigenvalue weighted by Crippen LogP contribution is -2.42. The van der Waals surface area contributed by atoms with Gasteiger partial charge < -0.3 is 26.8 Å². The van der Waals surface area contributed by atoms with Gasteiger partial charge in [0.05, 0.1) is 39.1 Å². The molecule has 3 aromatic rings. The van der Waals surface area contributed by atoms with E-state index < -0.39 is 17.7 Å². The molecule has 182 valence electrons. The second-order valence-electron chi connectivity index (χ2n) is 9.36. The van der Waals surface area contributed by atoms with Crippen molar-refractivity contribution in [2.45, 2.75) is 63.4 Å². The average Bonchev–Trinajstić information content (AvgIpc) is 3.26. The van der Waals surface area contributed by atoms with Gasteiger partial charge in [0.25, 0.3) is 5.91 Å². The number of nitrogens with one attached hydrogen (secondary N) is 3. The third-order valence-corrected chi connectivity index (χ3v) is 6.88. The van der Waals surface area contributed by atoms with Crippen LogP contribution in [0.15, 0.2) is 36.0 Å². The van der Waals surface area contributed by atoms with Crippen molar-refractivity contribution < 1.29 is 14.3 Å². The van der Waals surface area contributed by atoms with E-state index in [0.29, 0.717) is 17.1 Å². The predicted molar refractivity (Wildman–Crippen MR) is 135 cm³/mol. The fraction of sp³-hybridized carbons (Fsp3) is 0.458. The van der Waals surface area contributed by atoms with Crippen LogP contribution in [0.5, 0.6) is 0 Å². The second kappa shape index (κ2) is 10.2. The van der Waals surface area contributed by atoms with Crippen LogP contribution in [0.25, 0.3) is 10.2 Å². The summed E-state index contributed by atoms with van der Waals surface area (Å²) in [6.45, 7) is 2.45. The highest BCUT2D eigenvalue weighted by molar-refractivity contribution is 7.16. The van der Waals surface area contributed by atoms with Gasteiger partial charge in [-0.15, -0.1) is 11.3 Å². The number of aromatic nitrogens is 2. The zero-order chi connectivity index (χ0) is 24.3. The molecule has 1 fully saturated rings. The van der Waals surface area contributed by atoms with Crippen LogP contribution < -0.4 is 21.7 Å². The molecule has 0 spiro atoms. The van der Waals surface area contributed by atoms with E-state index in [9.17, 15) is 14.3 Å². The molecule has 34 heavy (non-hydrogen) atoms. The van der Waals surface area contributed by atoms with Crippen LogP contribution >= 0.6 is 11.3 Å². The Hall–Kier alpha value is -2.82. The average molecular weight is 487 g/mol. The Morgan fingerprint density at radius 1 is 1.26 bits per heavy atom. The van der Waals surface area contributed by atoms with Gasteiger partial charge in [-0.25, -0.2) is 14.4 Å². The number of rotatable bonds is 8. The first-order chi connectivity index (χ1) is 16.2. The summed E-state index contributed by atoms with van der Waals surface area (Å²) in [5.74, 6) is 0.127. The third-order valence-electron chi connectivity index (χ3n) is 6.09. The highest BCUT2D eigenvalue weighted by Crippen LogP contribution is 2.28. The maximum atomic E-state index is 14.2. The topological polar surface area (TPSA) is 125 Å². The number of alkyl halides is 1. The minimum atomic E-state index is -1.59. The number of carbonyl (C=O) groups is 1. The molecule has 1 aliphatic carbocycles. The Bertz CT molecular complexity index is 1140. The molecule has 1 amide bonds. The first-order valence-electron chi connectivity index (χ1n) is 11.5. The number of nitrogens with zero attached hydrogens (tertiary/aromatic N) is 2. The smallest absolute Gasteiger partial charge is 0.255 e. The number of amides is 1. The molecule has 6 N–H and O–H groups in total. The van der Waals surface area contributed by atoms with E-state index in [2.05, 4.69) is 25.9 Å². The summed E-state index contributed by atoms with van der Waals surface area (Å²) in [5.41, 5.74) is 9.04. The maximum Gasteiger partial charge on any atom is 0.255 e. The first-order valence-corrected chi connectivity index (χ1v) is 12.3. The van der Waals surface area contributed by atoms with Gasteiger partial charge in [0.15, 0.2) is 0 Å². The fourth-order valence-corrected chi connectivity index (χ4v) is 4.63. The SMILES string of the molecule is CC(C)(O)C(F)CNC(=O)c1cnc(Nc2ccc3ncsc3c2)cc1NC1CCC(N)CC1. The molecule has 1 unspecified atom stereocenters. The van der Waals surface area contributed by atoms with Crippen molar-refractivity contribution in [2.75, 3.05) is 17.2 Å². The van der Waals surface area contributed by atoms with Gasteiger partial charge in [-0.05, 0) is 57.7 Å². The van der Waals surface area contributed by atoms with Gasteiger partial charge in [0.2, 0.25) is 0 Å². The van der Waals surface area contributed by atoms with Gasteiger partial charge in [0, 0.05) is 30.0 Å². The lowest BCUT2D eigenvalue weighted by Gasteiger charge is -2.28. The molecular weight excluding hydrogens is 455 g/mol. The van der Waals surface area contributed by atoms with Crippen molar-refractivity contribution in [1.82, 2.24) is 15.3 Å². The van der Waals surface area contributed by atoms with E-state index in [1.165, 1.54) is 20.0 Å². The number of nitrogens with two attached hydrogens (primary N) is 1. The third kappa shape index (κ3) is 5.99. The highest BCUT2D eigenvalue weighted by atomic mass is 32.1. The number of aliphatic hydroxyl groups is 1. The summed E-state index contributed by atoms with van der Waals surface area (Å²) in [5, 5.41) is 19.2. The van der Waals surface area contributed by atoms with Crippen LogP contribution in [0.3, 0.4) is 0 Å². The van der Waals surface area contributed by atoms with Crippen molar-refractivity contribution in [3.05, 3.63) is 41.5 Å². The Morgan fingerprint density at radius 3 is 2.76 bits per heavy atom. The lowest BCUT2D eigenvalue weighted by atomic mass is 9.91. The zero-order valence-corrected chi connectivity index (χ0v) is 20.2. The molecule has 2 aromatic heterocycles. The molecule has 10 heteroatoms. The second-order valence-corrected chi connectivity index (χ2v) is 10.2. The number of hydrogen-bond acceptors (Lipinski definition) is 8. The predicted octanol–water partition coefficient (Wildman–Crippen LogP) is 3.96. The van der Waals surface area contributed by atoms with Gasteiger partial charge in [0.1, 0.15) is 12.0 Å². The zero-order valence-electron chi connectivity index (χ0n) is 19.3. The van der Waals surface area contributed by atoms with Crippen LogP contribution in [-0.4, -0.2) is 51.4 Å². The molecule has 0 bridgehead atoms. The summed E-state index contributed by atoms with van der Waals surface area (Å²) in [4.78, 5) is 21.6. The van der Waals surface area contributed by atoms with E-state index in [1.807, 2.05) is 18.2 Å². The standard InChI is InChI=1S/C24H31FN6O2S/c1-24(2,33)21(25)12-28-23(32)17-11-27-22(10-19(17)30-15-5-3-14(26)4-6-15)31-16-7-8-18-20(9-16)34-13-29-18/h7-11,13-15,21,33H,3-6,12,26H2,1-2H3,(H,28,32)(H2,27,30,31). The molecule has 1 aromatic carbocycles. The minimum Gasteiger partial charge on any atom is -0.387 e. The van der Waals surface area contributed by atoms with Gasteiger partial charge in [-0.2, -0.15) is 0 Å². The number of pyridine rings is 1. The molecular formula is C24H31FN6O2S. The number of carbonyl (C=O) groups excluding carboxylic acids is 1. The number of hydrogen-bond donors (Lipinski definition) is 5. The molecule has 0 radical (unpaired) electrons. The molecule has 1 aliphatic rings. The van der Waals surface area contributed by atoms with Gasteiger partial charge in [-0.3, -0.25) is 4.79 Å². The normalized spacial score (nSPS) is 19.6. The largest absolute Gasteiger partial charge is 0.387 e. The van der Waals surface area contributed by atoms with Crippen molar-refractivity contribution >= 4 is 44.7 Å². The number of fused-ring (bicyclic) bond motifs is 1. The summed E-state index contributed by atoms with van der Waals surface area (Å²) >= 11 is 1.56. The lowest BCUT2D eigenvalue weighted by molar-refractivity contribution is -0.00177. The van der Waals surface area contributed by atoms with Crippen LogP contribution in [-0.2, 0) is 0 Å². The summed E-state index contributed by atoms with van der Waals surface area (Å²) < 4.78 is 15.2. The van der Waals surface area contributed by atoms with E-state index >= 15 is 0 Å². The van der Waals surface area contributed by atoms with Crippen molar-refractivity contribution in [2.24, 2.45) is 5.73 Å². The van der Waals surface area contributed by atoms with E-state index in [4.69, 9.17) is 5.73 Å². The van der Waals surface area contributed by atoms with E-state index in [0.717, 1.165) is 41.6 Å². The Kier molecular flexibility index (Phi) is 7.30. The quantitative estimate of drug-likeness (QED) is 0.326. The summed E-state index contributed by atoms with van der Waals surface area (Å²) in [6, 6.07) is 8.06. The Balaban J connectivity index is 1.54. The highest BCUT2D eigenvalue weighted by Gasteiger charge is 2.27. The summed E-state index contributed by atoms with van der Waals surface area (Å²) in [6.07, 6.45) is 3.53. The van der Waals surface area contributed by atoms with Crippen LogP contribution in [0.4, 0.5) is 21.6 Å². The monoisotopic (exact) mass is 486 g/mol. The number of halogens is 1. The fourth-order valence-electron chi connectivity index (χ4n) is 3.92. The van der Waals surface area contributed by atoms with Crippen molar-refractivity contribution in [3.63, 3.8) is 0 Å². The van der Waals surface area contributed by atoms with Crippen molar-refractivity contribution in [1.29, 1.82) is 0 Å². The maximum absolute atomic E-state index is 14.2. The van der Waals surface area contributed by atoms with Crippen LogP contribution in [0, 0.1) is 0 Å². The summed E-state index contributed by atoms with van der Waals surface area (Å²) in [7, 11) is 0. The van der Waals surface area contributed by atoms with E-state index in [1.54, 1.807) is 22.9 Å². The molecule has 1 atom stereocenters. The molecule has 0 aliphatic heterocycles. The number of benzene rings is 1. The Morgan fingerprint density at radius 2 is 2.03 bits per heavy atom. The van der Waals surface area contributed by atoms with Gasteiger partial charge >= 0.3 is 0 Å². The van der Waals surface area contributed by atoms with E-state index in [-0.39, 0.29) is 18.6 Å². The molecule has 1 saturated carbocycles. The Labute approximate surface area is 202 Å². The molecule has 4 rings (SSSR count). The van der Waals surface area contributed by atoms with Crippen LogP contribution in [0.1, 0.15) is 49.9 Å². The molecule has 2 heterocycles. The van der Waals surface area contributed by atoms with Crippen LogP contribution in [0.2, 0.25) is 0 Å². The van der Waals surface area contributed by atoms with Gasteiger partial charge in [-0.1, -0.05) is 0 Å². The molecule has 8 nitrogen and oxygen atoms in total. The first kappa shape index (κ1) is 24.3. The number of thiazole rings is 1. The molecule has 0 saturated heterocycles. The minimum absolute atomic E-state index is 0.181. The number of anilines is 3.